The fourth-order valence-corrected chi connectivity index (χ4v) is 3.10. The van der Waals surface area contributed by atoms with Gasteiger partial charge >= 0.3 is 0 Å². The highest BCUT2D eigenvalue weighted by Gasteiger charge is 2.22. The van der Waals surface area contributed by atoms with Crippen LogP contribution in [0.4, 0.5) is 4.39 Å². The van der Waals surface area contributed by atoms with E-state index in [0.29, 0.717) is 16.6 Å². The molecule has 0 bridgehead atoms. The minimum Gasteiger partial charge on any atom is -0.288 e. The van der Waals surface area contributed by atoms with Crippen molar-refractivity contribution in [3.63, 3.8) is 0 Å². The fourth-order valence-electron chi connectivity index (χ4n) is 2.48. The molecule has 0 N–H and O–H groups in total. The number of rotatable bonds is 5. The maximum atomic E-state index is 13.7. The van der Waals surface area contributed by atoms with Gasteiger partial charge in [0.25, 0.3) is 0 Å². The summed E-state index contributed by atoms with van der Waals surface area (Å²) in [5.74, 6) is -0.273. The third-order valence-electron chi connectivity index (χ3n) is 3.48. The lowest BCUT2D eigenvalue weighted by Crippen LogP contribution is -2.26. The zero-order valence-electron chi connectivity index (χ0n) is 12.4. The van der Waals surface area contributed by atoms with Crippen molar-refractivity contribution >= 4 is 23.1 Å². The van der Waals surface area contributed by atoms with E-state index in [-0.39, 0.29) is 11.9 Å². The van der Waals surface area contributed by atoms with Crippen LogP contribution >= 0.6 is 23.1 Å². The van der Waals surface area contributed by atoms with E-state index in [2.05, 4.69) is 14.6 Å². The van der Waals surface area contributed by atoms with Gasteiger partial charge in [-0.2, -0.15) is 0 Å². The van der Waals surface area contributed by atoms with Gasteiger partial charge in [-0.25, -0.2) is 4.39 Å². The second kappa shape index (κ2) is 7.12. The molecule has 2 heterocycles. The predicted octanol–water partition coefficient (Wildman–Crippen LogP) is 3.95. The van der Waals surface area contributed by atoms with Gasteiger partial charge in [-0.1, -0.05) is 34.3 Å². The molecule has 118 valence electrons. The summed E-state index contributed by atoms with van der Waals surface area (Å²) in [5.41, 5.74) is 2.36. The molecule has 1 aromatic carbocycles. The molecule has 0 aliphatic rings. The van der Waals surface area contributed by atoms with Gasteiger partial charge in [0, 0.05) is 24.3 Å². The van der Waals surface area contributed by atoms with Gasteiger partial charge in [0.1, 0.15) is 15.8 Å². The Morgan fingerprint density at radius 3 is 2.78 bits per heavy atom. The Kier molecular flexibility index (Phi) is 4.95. The second-order valence-corrected chi connectivity index (χ2v) is 6.48. The van der Waals surface area contributed by atoms with Crippen molar-refractivity contribution in [1.29, 1.82) is 0 Å². The SMILES string of the molecule is CN(Cc1nnsc1Cl)[C@@H](c1cccc(F)c1)c1ccccn1. The highest BCUT2D eigenvalue weighted by Crippen LogP contribution is 2.29. The lowest BCUT2D eigenvalue weighted by molar-refractivity contribution is 0.262. The highest BCUT2D eigenvalue weighted by molar-refractivity contribution is 7.10. The topological polar surface area (TPSA) is 41.9 Å². The standard InChI is InChI=1S/C16H14ClFN4S/c1-22(10-14-16(17)23-21-20-14)15(13-7-2-3-8-19-13)11-5-4-6-12(18)9-11/h2-9,15H,10H2,1H3/t15-/m0/s1. The van der Waals surface area contributed by atoms with Gasteiger partial charge in [0.2, 0.25) is 0 Å². The minimum atomic E-state index is -0.273. The molecule has 0 spiro atoms. The lowest BCUT2D eigenvalue weighted by atomic mass is 10.0. The third kappa shape index (κ3) is 3.72. The molecule has 0 aliphatic heterocycles. The first kappa shape index (κ1) is 16.0. The lowest BCUT2D eigenvalue weighted by Gasteiger charge is -2.27. The number of hydrogen-bond donors (Lipinski definition) is 0. The minimum absolute atomic E-state index is 0.204. The first-order chi connectivity index (χ1) is 11.1. The fraction of sp³-hybridized carbons (Fsp3) is 0.188. The number of aromatic nitrogens is 3. The molecule has 0 fully saturated rings. The maximum absolute atomic E-state index is 13.7. The van der Waals surface area contributed by atoms with Gasteiger partial charge in [-0.05, 0) is 36.9 Å². The van der Waals surface area contributed by atoms with Crippen molar-refractivity contribution in [2.45, 2.75) is 12.6 Å². The molecule has 23 heavy (non-hydrogen) atoms. The molecule has 4 nitrogen and oxygen atoms in total. The van der Waals surface area contributed by atoms with Crippen LogP contribution in [0.25, 0.3) is 0 Å². The van der Waals surface area contributed by atoms with E-state index in [1.165, 1.54) is 12.1 Å². The van der Waals surface area contributed by atoms with Crippen molar-refractivity contribution in [3.05, 3.63) is 75.8 Å². The Balaban J connectivity index is 1.96. The summed E-state index contributed by atoms with van der Waals surface area (Å²) in [6.07, 6.45) is 1.73. The Bertz CT molecular complexity index is 781. The first-order valence-corrected chi connectivity index (χ1v) is 8.13. The number of benzene rings is 1. The highest BCUT2D eigenvalue weighted by atomic mass is 35.5. The monoisotopic (exact) mass is 348 g/mol. The summed E-state index contributed by atoms with van der Waals surface area (Å²) >= 11 is 7.25. The van der Waals surface area contributed by atoms with Crippen molar-refractivity contribution in [3.8, 4) is 0 Å². The quantitative estimate of drug-likeness (QED) is 0.700. The molecule has 0 radical (unpaired) electrons. The molecule has 0 unspecified atom stereocenters. The number of hydrogen-bond acceptors (Lipinski definition) is 5. The zero-order valence-corrected chi connectivity index (χ0v) is 13.9. The molecule has 1 atom stereocenters. The molecule has 0 saturated heterocycles. The Morgan fingerprint density at radius 1 is 1.26 bits per heavy atom. The van der Waals surface area contributed by atoms with Gasteiger partial charge in [-0.15, -0.1) is 5.10 Å². The zero-order chi connectivity index (χ0) is 16.2. The van der Waals surface area contributed by atoms with Crippen LogP contribution in [0.15, 0.2) is 48.7 Å². The van der Waals surface area contributed by atoms with Crippen molar-refractivity contribution < 1.29 is 4.39 Å². The summed E-state index contributed by atoms with van der Waals surface area (Å²) in [6.45, 7) is 0.493. The summed E-state index contributed by atoms with van der Waals surface area (Å²) in [4.78, 5) is 6.45. The van der Waals surface area contributed by atoms with E-state index in [1.54, 1.807) is 12.3 Å². The summed E-state index contributed by atoms with van der Waals surface area (Å²) < 4.78 is 18.1. The molecule has 3 aromatic rings. The van der Waals surface area contributed by atoms with Gasteiger partial charge < -0.3 is 0 Å². The number of halogens is 2. The van der Waals surface area contributed by atoms with Gasteiger partial charge in [0.05, 0.1) is 11.7 Å². The van der Waals surface area contributed by atoms with Crippen molar-refractivity contribution in [2.24, 2.45) is 0 Å². The third-order valence-corrected chi connectivity index (χ3v) is 4.47. The summed E-state index contributed by atoms with van der Waals surface area (Å²) in [7, 11) is 1.93. The number of nitrogens with zero attached hydrogens (tertiary/aromatic N) is 4. The van der Waals surface area contributed by atoms with Crippen LogP contribution in [0, 0.1) is 5.82 Å². The maximum Gasteiger partial charge on any atom is 0.138 e. The van der Waals surface area contributed by atoms with Crippen LogP contribution in [-0.4, -0.2) is 26.5 Å². The summed E-state index contributed by atoms with van der Waals surface area (Å²) in [6, 6.07) is 12.0. The van der Waals surface area contributed by atoms with Crippen LogP contribution in [0.2, 0.25) is 4.34 Å². The van der Waals surface area contributed by atoms with Crippen LogP contribution in [0.5, 0.6) is 0 Å². The second-order valence-electron chi connectivity index (χ2n) is 5.12. The Labute approximate surface area is 142 Å². The van der Waals surface area contributed by atoms with Gasteiger partial charge in [-0.3, -0.25) is 9.88 Å². The molecule has 0 amide bonds. The molecular weight excluding hydrogens is 335 g/mol. The predicted molar refractivity (Wildman–Crippen MR) is 88.9 cm³/mol. The van der Waals surface area contributed by atoms with Crippen LogP contribution in [0.3, 0.4) is 0 Å². The molecule has 2 aromatic heterocycles. The van der Waals surface area contributed by atoms with E-state index in [9.17, 15) is 4.39 Å². The average molecular weight is 349 g/mol. The summed E-state index contributed by atoms with van der Waals surface area (Å²) in [5, 5.41) is 4.04. The Morgan fingerprint density at radius 2 is 2.13 bits per heavy atom. The normalized spacial score (nSPS) is 12.5. The van der Waals surface area contributed by atoms with E-state index < -0.39 is 0 Å². The molecule has 0 saturated carbocycles. The van der Waals surface area contributed by atoms with E-state index in [4.69, 9.17) is 11.6 Å². The largest absolute Gasteiger partial charge is 0.288 e. The average Bonchev–Trinajstić information content (AvgIpc) is 2.94. The Hall–Kier alpha value is -1.89. The van der Waals surface area contributed by atoms with E-state index in [1.807, 2.05) is 36.2 Å². The number of pyridine rings is 1. The van der Waals surface area contributed by atoms with Crippen molar-refractivity contribution in [2.75, 3.05) is 7.05 Å². The molecule has 7 heteroatoms. The van der Waals surface area contributed by atoms with E-state index >= 15 is 0 Å². The van der Waals surface area contributed by atoms with Gasteiger partial charge in [0.15, 0.2) is 0 Å². The van der Waals surface area contributed by atoms with Crippen molar-refractivity contribution in [1.82, 2.24) is 19.5 Å². The smallest absolute Gasteiger partial charge is 0.138 e. The molecule has 3 rings (SSSR count). The van der Waals surface area contributed by atoms with Crippen LogP contribution in [0.1, 0.15) is 23.0 Å². The first-order valence-electron chi connectivity index (χ1n) is 6.98. The van der Waals surface area contributed by atoms with Crippen LogP contribution < -0.4 is 0 Å². The molecule has 0 aliphatic carbocycles. The molecular formula is C16H14ClFN4S. The van der Waals surface area contributed by atoms with Crippen LogP contribution in [-0.2, 0) is 6.54 Å². The van der Waals surface area contributed by atoms with E-state index in [0.717, 1.165) is 22.8 Å².